The van der Waals surface area contributed by atoms with Crippen LogP contribution in [0, 0.1) is 5.92 Å². The zero-order valence-electron chi connectivity index (χ0n) is 14.9. The van der Waals surface area contributed by atoms with Gasteiger partial charge in [0, 0.05) is 24.2 Å². The number of carbonyl (C=O) groups is 2. The average Bonchev–Trinajstić information content (AvgIpc) is 2.69. The molecule has 4 nitrogen and oxygen atoms in total. The van der Waals surface area contributed by atoms with E-state index in [1.807, 2.05) is 30.3 Å². The van der Waals surface area contributed by atoms with Crippen LogP contribution in [0.4, 0.5) is 0 Å². The molecule has 0 bridgehead atoms. The van der Waals surface area contributed by atoms with Gasteiger partial charge in [0.2, 0.25) is 5.91 Å². The van der Waals surface area contributed by atoms with E-state index in [1.165, 1.54) is 12.1 Å². The van der Waals surface area contributed by atoms with Crippen molar-refractivity contribution >= 4 is 52.8 Å². The molecule has 1 saturated heterocycles. The number of esters is 1. The lowest BCUT2D eigenvalue weighted by atomic mass is 9.97. The third-order valence-electron chi connectivity index (χ3n) is 4.52. The molecule has 1 amide bonds. The normalized spacial score (nSPS) is 15.0. The second-order valence-electron chi connectivity index (χ2n) is 6.46. The van der Waals surface area contributed by atoms with Crippen molar-refractivity contribution in [3.63, 3.8) is 0 Å². The number of amides is 1. The summed E-state index contributed by atoms with van der Waals surface area (Å²) in [6.45, 7) is 0.972. The zero-order chi connectivity index (χ0) is 20.1. The molecule has 2 aromatic rings. The Balaban J connectivity index is 1.54. The van der Waals surface area contributed by atoms with E-state index in [2.05, 4.69) is 0 Å². The van der Waals surface area contributed by atoms with Gasteiger partial charge in [-0.25, -0.2) is 0 Å². The van der Waals surface area contributed by atoms with Crippen LogP contribution in [0.25, 0.3) is 6.08 Å². The summed E-state index contributed by atoms with van der Waals surface area (Å²) in [6, 6.07) is 12.6. The topological polar surface area (TPSA) is 46.6 Å². The summed E-state index contributed by atoms with van der Waals surface area (Å²) in [6.07, 6.45) is 4.38. The quantitative estimate of drug-likeness (QED) is 0.359. The number of piperidine rings is 1. The van der Waals surface area contributed by atoms with Crippen molar-refractivity contribution in [3.8, 4) is 5.75 Å². The van der Waals surface area contributed by atoms with E-state index in [0.29, 0.717) is 31.0 Å². The van der Waals surface area contributed by atoms with Crippen LogP contribution in [0.1, 0.15) is 18.4 Å². The van der Waals surface area contributed by atoms with Gasteiger partial charge in [-0.3, -0.25) is 9.59 Å². The SMILES string of the molecule is O=C(Oc1c(Cl)cc(Cl)cc1Cl)C1CCN(C(=O)/C=C/c2ccccc2)CC1. The van der Waals surface area contributed by atoms with Crippen LogP contribution < -0.4 is 4.74 Å². The molecule has 1 aliphatic heterocycles. The zero-order valence-corrected chi connectivity index (χ0v) is 17.2. The number of rotatable bonds is 4. The molecule has 0 N–H and O–H groups in total. The van der Waals surface area contributed by atoms with Gasteiger partial charge in [-0.05, 0) is 36.6 Å². The fourth-order valence-corrected chi connectivity index (χ4v) is 3.88. The lowest BCUT2D eigenvalue weighted by Gasteiger charge is -2.30. The Morgan fingerprint density at radius 1 is 1.00 bits per heavy atom. The van der Waals surface area contributed by atoms with Crippen LogP contribution in [-0.2, 0) is 9.59 Å². The lowest BCUT2D eigenvalue weighted by Crippen LogP contribution is -2.40. The van der Waals surface area contributed by atoms with Crippen molar-refractivity contribution < 1.29 is 14.3 Å². The number of nitrogens with zero attached hydrogens (tertiary/aromatic N) is 1. The molecule has 2 aromatic carbocycles. The van der Waals surface area contributed by atoms with Gasteiger partial charge in [0.15, 0.2) is 5.75 Å². The Kier molecular flexibility index (Phi) is 7.00. The predicted molar refractivity (Wildman–Crippen MR) is 112 cm³/mol. The van der Waals surface area contributed by atoms with E-state index in [-0.39, 0.29) is 27.6 Å². The van der Waals surface area contributed by atoms with E-state index in [9.17, 15) is 9.59 Å². The minimum Gasteiger partial charge on any atom is -0.423 e. The van der Waals surface area contributed by atoms with E-state index in [0.717, 1.165) is 5.56 Å². The number of halogens is 3. The Morgan fingerprint density at radius 2 is 1.61 bits per heavy atom. The molecule has 0 atom stereocenters. The van der Waals surface area contributed by atoms with Gasteiger partial charge in [-0.1, -0.05) is 65.1 Å². The number of likely N-dealkylation sites (tertiary alicyclic amines) is 1. The smallest absolute Gasteiger partial charge is 0.314 e. The molecule has 0 spiro atoms. The van der Waals surface area contributed by atoms with Gasteiger partial charge in [-0.2, -0.15) is 0 Å². The van der Waals surface area contributed by atoms with Crippen LogP contribution in [-0.4, -0.2) is 29.9 Å². The number of hydrogen-bond donors (Lipinski definition) is 0. The van der Waals surface area contributed by atoms with E-state index >= 15 is 0 Å². The average molecular weight is 439 g/mol. The van der Waals surface area contributed by atoms with E-state index < -0.39 is 5.97 Å². The van der Waals surface area contributed by atoms with Crippen molar-refractivity contribution in [1.29, 1.82) is 0 Å². The monoisotopic (exact) mass is 437 g/mol. The van der Waals surface area contributed by atoms with E-state index in [4.69, 9.17) is 39.5 Å². The molecule has 3 rings (SSSR count). The second kappa shape index (κ2) is 9.46. The molecular weight excluding hydrogens is 421 g/mol. The summed E-state index contributed by atoms with van der Waals surface area (Å²) < 4.78 is 5.39. The first-order valence-corrected chi connectivity index (χ1v) is 9.95. The van der Waals surface area contributed by atoms with Gasteiger partial charge >= 0.3 is 5.97 Å². The Morgan fingerprint density at radius 3 is 2.21 bits per heavy atom. The highest BCUT2D eigenvalue weighted by atomic mass is 35.5. The van der Waals surface area contributed by atoms with Crippen LogP contribution in [0.2, 0.25) is 15.1 Å². The maximum absolute atomic E-state index is 12.5. The van der Waals surface area contributed by atoms with Crippen molar-refractivity contribution in [1.82, 2.24) is 4.90 Å². The third-order valence-corrected chi connectivity index (χ3v) is 5.30. The first kappa shape index (κ1) is 20.7. The highest BCUT2D eigenvalue weighted by Crippen LogP contribution is 2.36. The molecule has 0 aromatic heterocycles. The third kappa shape index (κ3) is 5.28. The summed E-state index contributed by atoms with van der Waals surface area (Å²) in [4.78, 5) is 26.5. The van der Waals surface area contributed by atoms with Gasteiger partial charge in [0.1, 0.15) is 0 Å². The predicted octanol–water partition coefficient (Wildman–Crippen LogP) is 5.50. The molecule has 0 radical (unpaired) electrons. The van der Waals surface area contributed by atoms with E-state index in [1.54, 1.807) is 17.1 Å². The molecule has 146 valence electrons. The largest absolute Gasteiger partial charge is 0.423 e. The molecule has 1 heterocycles. The lowest BCUT2D eigenvalue weighted by molar-refractivity contribution is -0.142. The standard InChI is InChI=1S/C21H18Cl3NO3/c22-16-12-17(23)20(18(24)13-16)28-21(27)15-8-10-25(11-9-15)19(26)7-6-14-4-2-1-3-5-14/h1-7,12-13,15H,8-11H2/b7-6+. The van der Waals surface area contributed by atoms with Crippen LogP contribution in [0.15, 0.2) is 48.5 Å². The molecule has 0 aliphatic carbocycles. The number of benzene rings is 2. The Bertz CT molecular complexity index is 868. The molecule has 28 heavy (non-hydrogen) atoms. The molecule has 0 saturated carbocycles. The summed E-state index contributed by atoms with van der Waals surface area (Å²) >= 11 is 18.0. The molecule has 7 heteroatoms. The minimum atomic E-state index is -0.405. The fourth-order valence-electron chi connectivity index (χ4n) is 2.98. The first-order valence-electron chi connectivity index (χ1n) is 8.82. The van der Waals surface area contributed by atoms with Gasteiger partial charge in [0.25, 0.3) is 0 Å². The highest BCUT2D eigenvalue weighted by molar-refractivity contribution is 6.40. The first-order chi connectivity index (χ1) is 13.4. The Labute approximate surface area is 178 Å². The Hall–Kier alpha value is -2.01. The minimum absolute atomic E-state index is 0.0699. The van der Waals surface area contributed by atoms with Crippen molar-refractivity contribution in [3.05, 3.63) is 69.2 Å². The van der Waals surface area contributed by atoms with Gasteiger partial charge in [-0.15, -0.1) is 0 Å². The summed E-state index contributed by atoms with van der Waals surface area (Å²) in [5.74, 6) is -0.676. The van der Waals surface area contributed by atoms with Crippen LogP contribution in [0.3, 0.4) is 0 Å². The molecule has 0 unspecified atom stereocenters. The number of carbonyl (C=O) groups excluding carboxylic acids is 2. The maximum atomic E-state index is 12.5. The van der Waals surface area contributed by atoms with Crippen molar-refractivity contribution in [2.75, 3.05) is 13.1 Å². The molecule has 1 aliphatic rings. The number of hydrogen-bond acceptors (Lipinski definition) is 3. The van der Waals surface area contributed by atoms with Gasteiger partial charge < -0.3 is 9.64 Å². The summed E-state index contributed by atoms with van der Waals surface area (Å²) in [5, 5.41) is 0.735. The second-order valence-corrected chi connectivity index (χ2v) is 7.71. The van der Waals surface area contributed by atoms with Gasteiger partial charge in [0.05, 0.1) is 16.0 Å². The van der Waals surface area contributed by atoms with Crippen molar-refractivity contribution in [2.24, 2.45) is 5.92 Å². The fraction of sp³-hybridized carbons (Fsp3) is 0.238. The summed E-state index contributed by atoms with van der Waals surface area (Å²) in [7, 11) is 0. The number of ether oxygens (including phenoxy) is 1. The maximum Gasteiger partial charge on any atom is 0.314 e. The molecular formula is C21H18Cl3NO3. The van der Waals surface area contributed by atoms with Crippen molar-refractivity contribution in [2.45, 2.75) is 12.8 Å². The van der Waals surface area contributed by atoms with Crippen LogP contribution in [0.5, 0.6) is 5.75 Å². The summed E-state index contributed by atoms with van der Waals surface area (Å²) in [5.41, 5.74) is 0.964. The highest BCUT2D eigenvalue weighted by Gasteiger charge is 2.29. The van der Waals surface area contributed by atoms with Crippen LogP contribution >= 0.6 is 34.8 Å². The molecule has 1 fully saturated rings.